The normalized spacial score (nSPS) is 22.5. The van der Waals surface area contributed by atoms with Crippen LogP contribution in [0.5, 0.6) is 0 Å². The highest BCUT2D eigenvalue weighted by molar-refractivity contribution is 6.00. The molecular weight excluding hydrogens is 407 g/mol. The van der Waals surface area contributed by atoms with Gasteiger partial charge in [-0.3, -0.25) is 4.79 Å². The van der Waals surface area contributed by atoms with Crippen molar-refractivity contribution in [3.05, 3.63) is 36.0 Å². The summed E-state index contributed by atoms with van der Waals surface area (Å²) in [6, 6.07) is 6.60. The van der Waals surface area contributed by atoms with Crippen LogP contribution in [0.25, 0.3) is 5.65 Å². The van der Waals surface area contributed by atoms with Gasteiger partial charge in [-0.25, -0.2) is 14.4 Å². The number of rotatable bonds is 6. The Bertz CT molecular complexity index is 1140. The molecule has 2 fully saturated rings. The number of carbonyl (C=O) groups excluding carboxylic acids is 1. The number of anilines is 4. The van der Waals surface area contributed by atoms with Crippen LogP contribution in [0.3, 0.4) is 0 Å². The Hall–Kier alpha value is -3.51. The lowest BCUT2D eigenvalue weighted by Gasteiger charge is -2.19. The second-order valence-corrected chi connectivity index (χ2v) is 7.30. The van der Waals surface area contributed by atoms with Crippen LogP contribution >= 0.6 is 0 Å². The predicted molar refractivity (Wildman–Crippen MR) is 110 cm³/mol. The summed E-state index contributed by atoms with van der Waals surface area (Å²) < 4.78 is 19.8. The summed E-state index contributed by atoms with van der Waals surface area (Å²) in [5.41, 5.74) is 0.570. The molecule has 0 radical (unpaired) electrons. The number of nitrogens with zero attached hydrogens (tertiary/aromatic N) is 5. The fraction of sp³-hybridized carbons (Fsp3) is 0.368. The van der Waals surface area contributed by atoms with Crippen molar-refractivity contribution in [2.24, 2.45) is 0 Å². The molecule has 1 aliphatic carbocycles. The lowest BCUT2D eigenvalue weighted by atomic mass is 10.3. The van der Waals surface area contributed by atoms with Crippen LogP contribution in [-0.4, -0.2) is 69.4 Å². The Morgan fingerprint density at radius 1 is 1.32 bits per heavy atom. The SMILES string of the molecule is CNc1cc(Nc2cccc(N3CCOC3O)n2)nc2c(C(=O)N[C@H]3C[C@H]3F)cnn12. The van der Waals surface area contributed by atoms with Gasteiger partial charge in [-0.15, -0.1) is 0 Å². The molecule has 0 aromatic carbocycles. The van der Waals surface area contributed by atoms with E-state index in [1.54, 1.807) is 36.2 Å². The molecule has 0 spiro atoms. The van der Waals surface area contributed by atoms with Gasteiger partial charge < -0.3 is 30.7 Å². The van der Waals surface area contributed by atoms with Crippen LogP contribution in [0.15, 0.2) is 30.5 Å². The van der Waals surface area contributed by atoms with E-state index in [4.69, 9.17) is 4.74 Å². The number of aliphatic hydroxyl groups excluding tert-OH is 1. The minimum absolute atomic E-state index is 0.248. The first-order valence-corrected chi connectivity index (χ1v) is 9.85. The molecule has 162 valence electrons. The van der Waals surface area contributed by atoms with Crippen molar-refractivity contribution >= 4 is 34.8 Å². The number of halogens is 1. The van der Waals surface area contributed by atoms with E-state index in [1.165, 1.54) is 10.7 Å². The number of ether oxygens (including phenoxy) is 1. The smallest absolute Gasteiger partial charge is 0.257 e. The van der Waals surface area contributed by atoms with Crippen molar-refractivity contribution < 1.29 is 19.0 Å². The lowest BCUT2D eigenvalue weighted by Crippen LogP contribution is -2.30. The maximum atomic E-state index is 13.2. The molecule has 3 atom stereocenters. The molecule has 0 bridgehead atoms. The Morgan fingerprint density at radius 2 is 2.16 bits per heavy atom. The Morgan fingerprint density at radius 3 is 2.87 bits per heavy atom. The largest absolute Gasteiger partial charge is 0.373 e. The quantitative estimate of drug-likeness (QED) is 0.452. The van der Waals surface area contributed by atoms with Crippen LogP contribution in [0.4, 0.5) is 27.7 Å². The predicted octanol–water partition coefficient (Wildman–Crippen LogP) is 0.862. The van der Waals surface area contributed by atoms with Gasteiger partial charge in [0.05, 0.1) is 18.8 Å². The van der Waals surface area contributed by atoms with E-state index < -0.39 is 24.5 Å². The minimum Gasteiger partial charge on any atom is -0.373 e. The number of hydrogen-bond acceptors (Lipinski definition) is 9. The van der Waals surface area contributed by atoms with Crippen LogP contribution in [0.2, 0.25) is 0 Å². The van der Waals surface area contributed by atoms with E-state index in [-0.39, 0.29) is 5.56 Å². The number of aliphatic hydroxyl groups is 1. The molecule has 31 heavy (non-hydrogen) atoms. The van der Waals surface area contributed by atoms with Crippen molar-refractivity contribution in [1.82, 2.24) is 24.9 Å². The zero-order valence-electron chi connectivity index (χ0n) is 16.6. The number of fused-ring (bicyclic) bond motifs is 1. The molecule has 2 aliphatic rings. The van der Waals surface area contributed by atoms with Crippen molar-refractivity contribution in [2.75, 3.05) is 35.7 Å². The average molecular weight is 428 g/mol. The van der Waals surface area contributed by atoms with Gasteiger partial charge in [0.1, 0.15) is 35.0 Å². The van der Waals surface area contributed by atoms with Crippen LogP contribution < -0.4 is 20.9 Å². The maximum Gasteiger partial charge on any atom is 0.257 e. The van der Waals surface area contributed by atoms with Crippen molar-refractivity contribution in [3.63, 3.8) is 0 Å². The second kappa shape index (κ2) is 7.63. The second-order valence-electron chi connectivity index (χ2n) is 7.30. The number of hydrogen-bond donors (Lipinski definition) is 4. The zero-order valence-corrected chi connectivity index (χ0v) is 16.6. The Labute approximate surface area is 176 Å². The number of carbonyl (C=O) groups is 1. The van der Waals surface area contributed by atoms with Crippen LogP contribution in [-0.2, 0) is 4.74 Å². The third-order valence-electron chi connectivity index (χ3n) is 5.15. The summed E-state index contributed by atoms with van der Waals surface area (Å²) >= 11 is 0. The first-order valence-electron chi connectivity index (χ1n) is 9.85. The van der Waals surface area contributed by atoms with Gasteiger partial charge in [0.2, 0.25) is 6.41 Å². The summed E-state index contributed by atoms with van der Waals surface area (Å²) in [6.07, 6.45) is -0.296. The Kier molecular flexibility index (Phi) is 4.79. The van der Waals surface area contributed by atoms with Gasteiger partial charge in [0, 0.05) is 26.1 Å². The third kappa shape index (κ3) is 3.70. The third-order valence-corrected chi connectivity index (χ3v) is 5.15. The zero-order chi connectivity index (χ0) is 21.5. The average Bonchev–Trinajstić information content (AvgIpc) is 3.13. The fourth-order valence-electron chi connectivity index (χ4n) is 3.39. The van der Waals surface area contributed by atoms with Crippen molar-refractivity contribution in [3.8, 4) is 0 Å². The molecule has 12 heteroatoms. The Balaban J connectivity index is 1.44. The molecule has 1 saturated carbocycles. The molecule has 1 amide bonds. The first kappa shape index (κ1) is 19.5. The standard InChI is InChI=1S/C19H21FN8O3/c1-21-16-8-14(24-13-3-2-4-15(25-13)27-5-6-31-19(27)30)26-17-10(9-22-28(16)17)18(29)23-12-7-11(12)20/h2-4,8-9,11-12,19,21,30H,5-7H2,1H3,(H,23,29)(H,24,25,26)/t11-,12+,19?/m1/s1. The summed E-state index contributed by atoms with van der Waals surface area (Å²) in [5, 5.41) is 22.9. The minimum atomic E-state index is -1.03. The summed E-state index contributed by atoms with van der Waals surface area (Å²) in [5.74, 6) is 1.67. The van der Waals surface area contributed by atoms with Gasteiger partial charge in [-0.05, 0) is 12.1 Å². The summed E-state index contributed by atoms with van der Waals surface area (Å²) in [4.78, 5) is 23.2. The summed E-state index contributed by atoms with van der Waals surface area (Å²) in [6.45, 7) is 0.946. The summed E-state index contributed by atoms with van der Waals surface area (Å²) in [7, 11) is 1.73. The van der Waals surface area contributed by atoms with Crippen LogP contribution in [0.1, 0.15) is 16.8 Å². The molecule has 4 heterocycles. The maximum absolute atomic E-state index is 13.2. The highest BCUT2D eigenvalue weighted by atomic mass is 19.1. The van der Waals surface area contributed by atoms with Gasteiger partial charge in [0.25, 0.3) is 5.91 Å². The van der Waals surface area contributed by atoms with Gasteiger partial charge in [-0.1, -0.05) is 6.07 Å². The van der Waals surface area contributed by atoms with Crippen molar-refractivity contribution in [2.45, 2.75) is 25.0 Å². The molecular formula is C19H21FN8O3. The van der Waals surface area contributed by atoms with E-state index in [9.17, 15) is 14.3 Å². The molecule has 1 aliphatic heterocycles. The number of pyridine rings is 1. The van der Waals surface area contributed by atoms with E-state index >= 15 is 0 Å². The van der Waals surface area contributed by atoms with E-state index in [0.717, 1.165) is 0 Å². The molecule has 3 aromatic rings. The van der Waals surface area contributed by atoms with Crippen molar-refractivity contribution in [1.29, 1.82) is 0 Å². The topological polar surface area (TPSA) is 129 Å². The molecule has 3 aromatic heterocycles. The highest BCUT2D eigenvalue weighted by Gasteiger charge is 2.39. The molecule has 1 unspecified atom stereocenters. The fourth-order valence-corrected chi connectivity index (χ4v) is 3.39. The van der Waals surface area contributed by atoms with Gasteiger partial charge in [0.15, 0.2) is 5.65 Å². The molecule has 5 rings (SSSR count). The number of alkyl halides is 1. The number of aromatic nitrogens is 4. The monoisotopic (exact) mass is 428 g/mol. The lowest BCUT2D eigenvalue weighted by molar-refractivity contribution is -0.0576. The first-order chi connectivity index (χ1) is 15.0. The van der Waals surface area contributed by atoms with Crippen LogP contribution in [0, 0.1) is 0 Å². The van der Waals surface area contributed by atoms with Gasteiger partial charge >= 0.3 is 0 Å². The van der Waals surface area contributed by atoms with E-state index in [1.807, 2.05) is 0 Å². The van der Waals surface area contributed by atoms with E-state index in [2.05, 4.69) is 31.0 Å². The van der Waals surface area contributed by atoms with Gasteiger partial charge in [-0.2, -0.15) is 9.61 Å². The molecule has 11 nitrogen and oxygen atoms in total. The molecule has 1 saturated heterocycles. The highest BCUT2D eigenvalue weighted by Crippen LogP contribution is 2.27. The number of nitrogens with one attached hydrogen (secondary N) is 3. The molecule has 4 N–H and O–H groups in total. The number of amides is 1. The van der Waals surface area contributed by atoms with E-state index in [0.29, 0.717) is 48.5 Å².